The van der Waals surface area contributed by atoms with Crippen molar-refractivity contribution in [1.82, 2.24) is 29.9 Å². The van der Waals surface area contributed by atoms with E-state index in [0.717, 1.165) is 18.4 Å². The van der Waals surface area contributed by atoms with Crippen molar-refractivity contribution >= 4 is 34.9 Å². The smallest absolute Gasteiger partial charge is 0.248 e. The maximum absolute atomic E-state index is 12.7. The van der Waals surface area contributed by atoms with Gasteiger partial charge in [-0.25, -0.2) is 9.97 Å². The van der Waals surface area contributed by atoms with E-state index < -0.39 is 6.61 Å². The summed E-state index contributed by atoms with van der Waals surface area (Å²) in [4.78, 5) is 47.1. The largest absolute Gasteiger partial charge is 0.387 e. The van der Waals surface area contributed by atoms with E-state index in [1.807, 2.05) is 6.07 Å². The number of anilines is 2. The molecule has 0 radical (unpaired) electrons. The van der Waals surface area contributed by atoms with Crippen LogP contribution < -0.4 is 16.6 Å². The van der Waals surface area contributed by atoms with E-state index in [0.29, 0.717) is 41.1 Å². The van der Waals surface area contributed by atoms with Crippen LogP contribution in [-0.4, -0.2) is 65.9 Å². The zero-order valence-corrected chi connectivity index (χ0v) is 20.1. The number of piperidine rings is 1. The molecule has 12 heteroatoms. The van der Waals surface area contributed by atoms with Gasteiger partial charge in [-0.05, 0) is 44.7 Å². The second-order valence-corrected chi connectivity index (χ2v) is 9.36. The van der Waals surface area contributed by atoms with Crippen LogP contribution in [0.3, 0.4) is 0 Å². The molecule has 0 aliphatic carbocycles. The topological polar surface area (TPSA) is 168 Å². The highest BCUT2D eigenvalue weighted by Crippen LogP contribution is 2.44. The molecule has 36 heavy (non-hydrogen) atoms. The number of pyridine rings is 1. The molecule has 2 saturated heterocycles. The number of hydrazine groups is 1. The molecule has 2 amide bonds. The molecule has 2 fully saturated rings. The third-order valence-electron chi connectivity index (χ3n) is 7.05. The number of carbonyl (C=O) groups excluding carboxylic acids is 3. The Balaban J connectivity index is 1.53. The summed E-state index contributed by atoms with van der Waals surface area (Å²) in [6, 6.07) is 3.55. The molecule has 12 nitrogen and oxygen atoms in total. The third-order valence-corrected chi connectivity index (χ3v) is 7.05. The van der Waals surface area contributed by atoms with Crippen molar-refractivity contribution in [3.63, 3.8) is 0 Å². The van der Waals surface area contributed by atoms with Crippen molar-refractivity contribution in [3.8, 4) is 11.1 Å². The lowest BCUT2D eigenvalue weighted by Gasteiger charge is -2.39. The first kappa shape index (κ1) is 23.7. The number of aromatic nitrogens is 4. The molecule has 5 N–H and O–H groups in total. The maximum atomic E-state index is 12.7. The summed E-state index contributed by atoms with van der Waals surface area (Å²) in [5.74, 6) is -0.0366. The number of nitrogens with one attached hydrogen (secondary N) is 2. The molecule has 2 aliphatic heterocycles. The van der Waals surface area contributed by atoms with Gasteiger partial charge in [-0.2, -0.15) is 9.61 Å². The van der Waals surface area contributed by atoms with E-state index in [4.69, 9.17) is 10.7 Å². The average molecular weight is 493 g/mol. The lowest BCUT2D eigenvalue weighted by molar-refractivity contribution is -0.138. The van der Waals surface area contributed by atoms with Crippen LogP contribution in [0.25, 0.3) is 16.8 Å². The predicted molar refractivity (Wildman–Crippen MR) is 131 cm³/mol. The second-order valence-electron chi connectivity index (χ2n) is 9.36. The monoisotopic (exact) mass is 492 g/mol. The summed E-state index contributed by atoms with van der Waals surface area (Å²) < 4.78 is 1.47. The number of fused-ring (bicyclic) bond motifs is 3. The second kappa shape index (κ2) is 9.19. The van der Waals surface area contributed by atoms with Crippen LogP contribution in [0, 0.1) is 0 Å². The van der Waals surface area contributed by atoms with Gasteiger partial charge in [0, 0.05) is 42.2 Å². The van der Waals surface area contributed by atoms with Crippen molar-refractivity contribution in [2.75, 3.05) is 17.8 Å². The van der Waals surface area contributed by atoms with Crippen LogP contribution in [0.15, 0.2) is 24.5 Å². The number of nitrogens with two attached hydrogens (primary N) is 1. The Labute approximate surface area is 206 Å². The number of rotatable bonds is 6. The highest BCUT2D eigenvalue weighted by molar-refractivity contribution is 6.00. The van der Waals surface area contributed by atoms with Crippen molar-refractivity contribution in [3.05, 3.63) is 35.8 Å². The predicted octanol–water partition coefficient (Wildman–Crippen LogP) is 1.27. The fourth-order valence-electron chi connectivity index (χ4n) is 5.56. The Kier molecular flexibility index (Phi) is 6.04. The van der Waals surface area contributed by atoms with Gasteiger partial charge < -0.3 is 15.7 Å². The molecule has 3 atom stereocenters. The van der Waals surface area contributed by atoms with E-state index in [1.165, 1.54) is 18.4 Å². The van der Waals surface area contributed by atoms with Crippen LogP contribution in [-0.2, 0) is 9.59 Å². The van der Waals surface area contributed by atoms with E-state index >= 15 is 0 Å². The standard InChI is InChI=1S/C24H28N8O4/c1-12(34)21-22(15-7-16-4-5-17(8-15)31(16)20(36)11-33)28-24-18(10-27-32(24)23(21)25)14-3-6-19(26-9-14)30-29-13(2)35/h3,6,9-10,15-17,33H,4-5,7-8,11,25H2,1-2H3,(H,26,30)(H,29,35)/t15?,16-,17+. The van der Waals surface area contributed by atoms with Gasteiger partial charge in [-0.15, -0.1) is 0 Å². The molecule has 2 aliphatic rings. The number of Topliss-reactive ketones (excluding diaryl/α,β-unsaturated/α-hetero) is 1. The third kappa shape index (κ3) is 4.02. The normalized spacial score (nSPS) is 21.0. The molecular formula is C24H28N8O4. The first-order valence-electron chi connectivity index (χ1n) is 11.9. The van der Waals surface area contributed by atoms with Crippen LogP contribution in [0.2, 0.25) is 0 Å². The number of nitrogen functional groups attached to an aromatic ring is 1. The molecule has 188 valence electrons. The number of aliphatic hydroxyl groups is 1. The van der Waals surface area contributed by atoms with Gasteiger partial charge in [-0.3, -0.25) is 25.2 Å². The van der Waals surface area contributed by atoms with Gasteiger partial charge in [0.15, 0.2) is 11.4 Å². The van der Waals surface area contributed by atoms with Gasteiger partial charge in [0.1, 0.15) is 18.2 Å². The quantitative estimate of drug-likeness (QED) is 0.292. The Morgan fingerprint density at radius 3 is 2.44 bits per heavy atom. The number of amides is 2. The first-order valence-corrected chi connectivity index (χ1v) is 11.9. The van der Waals surface area contributed by atoms with Crippen molar-refractivity contribution in [1.29, 1.82) is 0 Å². The molecule has 0 saturated carbocycles. The van der Waals surface area contributed by atoms with Crippen molar-refractivity contribution in [2.45, 2.75) is 57.5 Å². The Morgan fingerprint density at radius 2 is 1.86 bits per heavy atom. The summed E-state index contributed by atoms with van der Waals surface area (Å²) in [6.07, 6.45) is 6.30. The number of nitrogens with zero attached hydrogens (tertiary/aromatic N) is 5. The Morgan fingerprint density at radius 1 is 1.14 bits per heavy atom. The van der Waals surface area contributed by atoms with Crippen LogP contribution in [0.1, 0.15) is 61.5 Å². The summed E-state index contributed by atoms with van der Waals surface area (Å²) in [6.45, 7) is 2.36. The number of hydrogen-bond donors (Lipinski definition) is 4. The number of ketones is 1. The van der Waals surface area contributed by atoms with Crippen LogP contribution in [0.5, 0.6) is 0 Å². The molecule has 5 heterocycles. The van der Waals surface area contributed by atoms with Crippen LogP contribution in [0.4, 0.5) is 11.6 Å². The molecule has 5 rings (SSSR count). The summed E-state index contributed by atoms with van der Waals surface area (Å²) in [7, 11) is 0. The zero-order valence-electron chi connectivity index (χ0n) is 20.1. The molecule has 0 aromatic carbocycles. The van der Waals surface area contributed by atoms with Gasteiger partial charge in [0.25, 0.3) is 0 Å². The molecule has 2 bridgehead atoms. The van der Waals surface area contributed by atoms with Gasteiger partial charge in [-0.1, -0.05) is 0 Å². The minimum atomic E-state index is -0.500. The minimum absolute atomic E-state index is 0.00435. The Hall–Kier alpha value is -4.06. The zero-order chi connectivity index (χ0) is 25.6. The molecule has 1 unspecified atom stereocenters. The lowest BCUT2D eigenvalue weighted by atomic mass is 9.85. The molecule has 3 aromatic heterocycles. The first-order chi connectivity index (χ1) is 17.3. The molecule has 3 aromatic rings. The summed E-state index contributed by atoms with van der Waals surface area (Å²) in [5.41, 5.74) is 14.6. The number of carbonyl (C=O) groups is 3. The highest BCUT2D eigenvalue weighted by atomic mass is 16.3. The van der Waals surface area contributed by atoms with Crippen LogP contribution >= 0.6 is 0 Å². The van der Waals surface area contributed by atoms with E-state index in [1.54, 1.807) is 23.4 Å². The SMILES string of the molecule is CC(=O)NNc1ccc(-c2cnn3c(N)c(C(C)=O)c(C4C[C@H]5CC[C@@H](C4)N5C(=O)CO)nc23)cn1. The fourth-order valence-corrected chi connectivity index (χ4v) is 5.56. The minimum Gasteiger partial charge on any atom is -0.387 e. The summed E-state index contributed by atoms with van der Waals surface area (Å²) >= 11 is 0. The molecule has 0 spiro atoms. The highest BCUT2D eigenvalue weighted by Gasteiger charge is 2.44. The van der Waals surface area contributed by atoms with Crippen molar-refractivity contribution < 1.29 is 19.5 Å². The van der Waals surface area contributed by atoms with Gasteiger partial charge in [0.05, 0.1) is 17.5 Å². The molecular weight excluding hydrogens is 464 g/mol. The number of hydrogen-bond acceptors (Lipinski definition) is 9. The maximum Gasteiger partial charge on any atom is 0.248 e. The summed E-state index contributed by atoms with van der Waals surface area (Å²) in [5, 5.41) is 13.8. The average Bonchev–Trinajstić information content (AvgIpc) is 3.40. The van der Waals surface area contributed by atoms with E-state index in [9.17, 15) is 19.5 Å². The lowest BCUT2D eigenvalue weighted by Crippen LogP contribution is -2.47. The van der Waals surface area contributed by atoms with Gasteiger partial charge >= 0.3 is 0 Å². The van der Waals surface area contributed by atoms with E-state index in [-0.39, 0.29) is 41.4 Å². The fraction of sp³-hybridized carbons (Fsp3) is 0.417. The van der Waals surface area contributed by atoms with Gasteiger partial charge in [0.2, 0.25) is 11.8 Å². The Bertz CT molecular complexity index is 1340. The van der Waals surface area contributed by atoms with E-state index in [2.05, 4.69) is 20.9 Å². The van der Waals surface area contributed by atoms with Crippen molar-refractivity contribution in [2.24, 2.45) is 0 Å². The number of aliphatic hydroxyl groups excluding tert-OH is 1.